The third-order valence-corrected chi connectivity index (χ3v) is 3.69. The van der Waals surface area contributed by atoms with E-state index in [9.17, 15) is 15.4 Å². The summed E-state index contributed by atoms with van der Waals surface area (Å²) in [7, 11) is 0. The van der Waals surface area contributed by atoms with E-state index < -0.39 is 10.3 Å². The maximum absolute atomic E-state index is 10.8. The summed E-state index contributed by atoms with van der Waals surface area (Å²) in [4.78, 5) is 10.3. The molecule has 1 saturated carbocycles. The summed E-state index contributed by atoms with van der Waals surface area (Å²) in [5.41, 5.74) is 0.0364. The van der Waals surface area contributed by atoms with Crippen LogP contribution in [0.3, 0.4) is 0 Å². The van der Waals surface area contributed by atoms with E-state index in [2.05, 4.69) is 6.07 Å². The third-order valence-electron chi connectivity index (χ3n) is 3.37. The van der Waals surface area contributed by atoms with Gasteiger partial charge in [-0.3, -0.25) is 10.1 Å². The standard InChI is InChI=1S/C12H11ClN2O2/c13-10-4-3-9(7-11(10)15(16)17)12(8-14)5-1-2-6-12/h3-4,7H,1-2,5-6H2. The molecule has 5 heteroatoms. The molecule has 1 aromatic carbocycles. The lowest BCUT2D eigenvalue weighted by atomic mass is 9.80. The number of benzene rings is 1. The van der Waals surface area contributed by atoms with Crippen LogP contribution in [-0.4, -0.2) is 4.92 Å². The van der Waals surface area contributed by atoms with Crippen molar-refractivity contribution in [3.05, 3.63) is 38.9 Å². The van der Waals surface area contributed by atoms with Crippen molar-refractivity contribution in [3.8, 4) is 6.07 Å². The van der Waals surface area contributed by atoms with Crippen LogP contribution in [0.4, 0.5) is 5.69 Å². The fourth-order valence-electron chi connectivity index (χ4n) is 2.39. The topological polar surface area (TPSA) is 66.9 Å². The first kappa shape index (κ1) is 11.9. The van der Waals surface area contributed by atoms with Gasteiger partial charge in [-0.05, 0) is 24.5 Å². The molecule has 88 valence electrons. The average Bonchev–Trinajstić information content (AvgIpc) is 2.79. The van der Waals surface area contributed by atoms with Gasteiger partial charge in [-0.25, -0.2) is 0 Å². The van der Waals surface area contributed by atoms with Crippen molar-refractivity contribution >= 4 is 17.3 Å². The molecule has 0 radical (unpaired) electrons. The number of nitro benzene ring substituents is 1. The van der Waals surface area contributed by atoms with E-state index in [4.69, 9.17) is 11.6 Å². The van der Waals surface area contributed by atoms with Crippen LogP contribution in [0.2, 0.25) is 5.02 Å². The van der Waals surface area contributed by atoms with Crippen molar-refractivity contribution in [1.82, 2.24) is 0 Å². The quantitative estimate of drug-likeness (QED) is 0.595. The Labute approximate surface area is 104 Å². The Hall–Kier alpha value is -1.60. The van der Waals surface area contributed by atoms with Gasteiger partial charge in [-0.15, -0.1) is 0 Å². The van der Waals surface area contributed by atoms with Crippen molar-refractivity contribution < 1.29 is 4.92 Å². The van der Waals surface area contributed by atoms with Gasteiger partial charge in [0.2, 0.25) is 0 Å². The molecule has 0 bridgehead atoms. The van der Waals surface area contributed by atoms with Crippen LogP contribution in [0.15, 0.2) is 18.2 Å². The predicted octanol–water partition coefficient (Wildman–Crippen LogP) is 3.58. The van der Waals surface area contributed by atoms with Crippen LogP contribution in [0.5, 0.6) is 0 Å². The maximum atomic E-state index is 10.8. The van der Waals surface area contributed by atoms with E-state index in [0.29, 0.717) is 5.56 Å². The van der Waals surface area contributed by atoms with Crippen LogP contribution >= 0.6 is 11.6 Å². The number of hydrogen-bond donors (Lipinski definition) is 0. The summed E-state index contributed by atoms with van der Waals surface area (Å²) >= 11 is 5.76. The minimum absolute atomic E-state index is 0.116. The number of nitro groups is 1. The minimum Gasteiger partial charge on any atom is -0.258 e. The Balaban J connectivity index is 2.50. The molecule has 1 fully saturated rings. The molecule has 17 heavy (non-hydrogen) atoms. The Morgan fingerprint density at radius 1 is 1.41 bits per heavy atom. The molecule has 0 unspecified atom stereocenters. The van der Waals surface area contributed by atoms with Gasteiger partial charge in [0, 0.05) is 6.07 Å². The first-order valence-corrected chi connectivity index (χ1v) is 5.82. The largest absolute Gasteiger partial charge is 0.288 e. The molecule has 0 amide bonds. The van der Waals surface area contributed by atoms with E-state index >= 15 is 0 Å². The van der Waals surface area contributed by atoms with Gasteiger partial charge in [0.1, 0.15) is 5.02 Å². The SMILES string of the molecule is N#CC1(c2ccc(Cl)c([N+](=O)[O-])c2)CCCC1. The van der Waals surface area contributed by atoms with Gasteiger partial charge in [-0.1, -0.05) is 30.5 Å². The van der Waals surface area contributed by atoms with Crippen LogP contribution in [0.1, 0.15) is 31.2 Å². The molecule has 1 aromatic rings. The Morgan fingerprint density at radius 2 is 2.06 bits per heavy atom. The molecule has 4 nitrogen and oxygen atoms in total. The third kappa shape index (κ3) is 1.98. The highest BCUT2D eigenvalue weighted by atomic mass is 35.5. The molecular formula is C12H11ClN2O2. The summed E-state index contributed by atoms with van der Waals surface area (Å²) in [6.07, 6.45) is 3.51. The molecule has 0 aliphatic heterocycles. The smallest absolute Gasteiger partial charge is 0.258 e. The molecule has 1 aliphatic rings. The minimum atomic E-state index is -0.560. The van der Waals surface area contributed by atoms with Crippen molar-refractivity contribution in [1.29, 1.82) is 5.26 Å². The van der Waals surface area contributed by atoms with Gasteiger partial charge in [-0.2, -0.15) is 5.26 Å². The Morgan fingerprint density at radius 3 is 2.59 bits per heavy atom. The second-order valence-electron chi connectivity index (χ2n) is 4.32. The lowest BCUT2D eigenvalue weighted by molar-refractivity contribution is -0.384. The Kier molecular flexibility index (Phi) is 3.03. The van der Waals surface area contributed by atoms with Crippen molar-refractivity contribution in [2.45, 2.75) is 31.1 Å². The highest BCUT2D eigenvalue weighted by molar-refractivity contribution is 6.32. The van der Waals surface area contributed by atoms with E-state index in [1.54, 1.807) is 6.07 Å². The van der Waals surface area contributed by atoms with Crippen molar-refractivity contribution in [2.75, 3.05) is 0 Å². The summed E-state index contributed by atoms with van der Waals surface area (Å²) in [5.74, 6) is 0. The highest BCUT2D eigenvalue weighted by Crippen LogP contribution is 2.42. The van der Waals surface area contributed by atoms with Crippen LogP contribution in [-0.2, 0) is 5.41 Å². The van der Waals surface area contributed by atoms with E-state index in [1.165, 1.54) is 12.1 Å². The van der Waals surface area contributed by atoms with E-state index in [1.807, 2.05) is 0 Å². The summed E-state index contributed by atoms with van der Waals surface area (Å²) in [6, 6.07) is 6.99. The molecule has 0 saturated heterocycles. The molecular weight excluding hydrogens is 240 g/mol. The second kappa shape index (κ2) is 4.34. The first-order chi connectivity index (χ1) is 8.09. The zero-order valence-corrected chi connectivity index (χ0v) is 9.91. The van der Waals surface area contributed by atoms with Gasteiger partial charge in [0.15, 0.2) is 0 Å². The predicted molar refractivity (Wildman–Crippen MR) is 63.9 cm³/mol. The first-order valence-electron chi connectivity index (χ1n) is 5.45. The normalized spacial score (nSPS) is 17.6. The zero-order chi connectivity index (χ0) is 12.5. The number of halogens is 1. The molecule has 1 aliphatic carbocycles. The summed E-state index contributed by atoms with van der Waals surface area (Å²) < 4.78 is 0. The number of hydrogen-bond acceptors (Lipinski definition) is 3. The monoisotopic (exact) mass is 250 g/mol. The van der Waals surface area contributed by atoms with Gasteiger partial charge < -0.3 is 0 Å². The summed E-state index contributed by atoms with van der Waals surface area (Å²) in [6.45, 7) is 0. The van der Waals surface area contributed by atoms with Gasteiger partial charge >= 0.3 is 0 Å². The molecule has 0 N–H and O–H groups in total. The number of nitriles is 1. The molecule has 0 heterocycles. The molecule has 0 spiro atoms. The van der Waals surface area contributed by atoms with Crippen LogP contribution in [0, 0.1) is 21.4 Å². The average molecular weight is 251 g/mol. The Bertz CT molecular complexity index is 502. The fourth-order valence-corrected chi connectivity index (χ4v) is 2.58. The number of nitrogens with zero attached hydrogens (tertiary/aromatic N) is 2. The molecule has 0 aromatic heterocycles. The second-order valence-corrected chi connectivity index (χ2v) is 4.73. The fraction of sp³-hybridized carbons (Fsp3) is 0.417. The lowest BCUT2D eigenvalue weighted by Gasteiger charge is -2.20. The van der Waals surface area contributed by atoms with Crippen LogP contribution in [0.25, 0.3) is 0 Å². The van der Waals surface area contributed by atoms with E-state index in [-0.39, 0.29) is 10.7 Å². The molecule has 2 rings (SSSR count). The highest BCUT2D eigenvalue weighted by Gasteiger charge is 2.36. The number of rotatable bonds is 2. The van der Waals surface area contributed by atoms with Crippen molar-refractivity contribution in [2.24, 2.45) is 0 Å². The van der Waals surface area contributed by atoms with Gasteiger partial charge in [0.25, 0.3) is 5.69 Å². The summed E-state index contributed by atoms with van der Waals surface area (Å²) in [5, 5.41) is 20.3. The zero-order valence-electron chi connectivity index (χ0n) is 9.15. The van der Waals surface area contributed by atoms with Crippen molar-refractivity contribution in [3.63, 3.8) is 0 Å². The molecule has 0 atom stereocenters. The lowest BCUT2D eigenvalue weighted by Crippen LogP contribution is -2.19. The van der Waals surface area contributed by atoms with Gasteiger partial charge in [0.05, 0.1) is 16.4 Å². The maximum Gasteiger partial charge on any atom is 0.288 e. The van der Waals surface area contributed by atoms with Crippen LogP contribution < -0.4 is 0 Å². The van der Waals surface area contributed by atoms with E-state index in [0.717, 1.165) is 25.7 Å².